The summed E-state index contributed by atoms with van der Waals surface area (Å²) in [4.78, 5) is 10.7. The summed E-state index contributed by atoms with van der Waals surface area (Å²) in [6.07, 6.45) is 4.75. The molecule has 0 saturated carbocycles. The van der Waals surface area contributed by atoms with E-state index >= 15 is 0 Å². The molecular formula is C15H18N4O2S. The molecule has 0 spiro atoms. The number of aromatic nitrogens is 2. The zero-order valence-corrected chi connectivity index (χ0v) is 13.0. The van der Waals surface area contributed by atoms with Gasteiger partial charge in [0.1, 0.15) is 4.90 Å². The molecule has 3 rings (SSSR count). The molecule has 1 aliphatic heterocycles. The molecule has 1 aliphatic rings. The molecule has 116 valence electrons. The first-order chi connectivity index (χ1) is 10.7. The van der Waals surface area contributed by atoms with Crippen molar-refractivity contribution in [2.24, 2.45) is 0 Å². The summed E-state index contributed by atoms with van der Waals surface area (Å²) in [7, 11) is -3.43. The lowest BCUT2D eigenvalue weighted by atomic mass is 10.3. The van der Waals surface area contributed by atoms with E-state index in [1.165, 1.54) is 10.5 Å². The molecule has 0 radical (unpaired) electrons. The third kappa shape index (κ3) is 3.32. The summed E-state index contributed by atoms with van der Waals surface area (Å²) >= 11 is 0. The molecule has 0 aliphatic carbocycles. The Bertz CT molecular complexity index is 699. The third-order valence-electron chi connectivity index (χ3n) is 3.72. The van der Waals surface area contributed by atoms with Crippen molar-refractivity contribution in [2.75, 3.05) is 26.2 Å². The second-order valence-electron chi connectivity index (χ2n) is 5.19. The fourth-order valence-electron chi connectivity index (χ4n) is 2.50. The zero-order valence-electron chi connectivity index (χ0n) is 12.2. The van der Waals surface area contributed by atoms with Crippen LogP contribution in [0.25, 0.3) is 0 Å². The molecule has 2 aromatic rings. The highest BCUT2D eigenvalue weighted by atomic mass is 32.2. The predicted octanol–water partition coefficient (Wildman–Crippen LogP) is 0.983. The largest absolute Gasteiger partial charge is 0.295 e. The maximum atomic E-state index is 12.5. The molecule has 1 saturated heterocycles. The van der Waals surface area contributed by atoms with Gasteiger partial charge in [-0.3, -0.25) is 14.9 Å². The van der Waals surface area contributed by atoms with Gasteiger partial charge in [-0.1, -0.05) is 6.07 Å². The van der Waals surface area contributed by atoms with Crippen LogP contribution in [0.1, 0.15) is 5.69 Å². The van der Waals surface area contributed by atoms with Crippen LogP contribution >= 0.6 is 0 Å². The molecule has 0 atom stereocenters. The van der Waals surface area contributed by atoms with Gasteiger partial charge in [-0.25, -0.2) is 8.42 Å². The molecule has 0 bridgehead atoms. The first kappa shape index (κ1) is 15.1. The van der Waals surface area contributed by atoms with Crippen LogP contribution in [0.15, 0.2) is 53.8 Å². The van der Waals surface area contributed by atoms with Crippen molar-refractivity contribution in [2.45, 2.75) is 11.4 Å². The fourth-order valence-corrected chi connectivity index (χ4v) is 3.88. The maximum Gasteiger partial charge on any atom is 0.244 e. The Labute approximate surface area is 130 Å². The zero-order chi connectivity index (χ0) is 15.4. The van der Waals surface area contributed by atoms with E-state index in [2.05, 4.69) is 14.9 Å². The predicted molar refractivity (Wildman–Crippen MR) is 82.5 cm³/mol. The van der Waals surface area contributed by atoms with Gasteiger partial charge in [-0.2, -0.15) is 4.31 Å². The maximum absolute atomic E-state index is 12.5. The summed E-state index contributed by atoms with van der Waals surface area (Å²) in [6, 6.07) is 9.07. The highest BCUT2D eigenvalue weighted by Crippen LogP contribution is 2.17. The average Bonchev–Trinajstić information content (AvgIpc) is 2.57. The van der Waals surface area contributed by atoms with E-state index in [0.717, 1.165) is 12.2 Å². The van der Waals surface area contributed by atoms with Crippen LogP contribution in [0, 0.1) is 0 Å². The Morgan fingerprint density at radius 3 is 2.45 bits per heavy atom. The molecule has 3 heterocycles. The van der Waals surface area contributed by atoms with Crippen molar-refractivity contribution in [3.8, 4) is 0 Å². The molecule has 0 N–H and O–H groups in total. The minimum absolute atomic E-state index is 0.258. The van der Waals surface area contributed by atoms with Gasteiger partial charge in [-0.15, -0.1) is 0 Å². The van der Waals surface area contributed by atoms with Gasteiger partial charge < -0.3 is 0 Å². The molecule has 0 amide bonds. The highest BCUT2D eigenvalue weighted by molar-refractivity contribution is 7.89. The molecule has 6 nitrogen and oxygen atoms in total. The van der Waals surface area contributed by atoms with E-state index in [1.807, 2.05) is 18.2 Å². The van der Waals surface area contributed by atoms with Gasteiger partial charge in [0.25, 0.3) is 0 Å². The van der Waals surface area contributed by atoms with Crippen LogP contribution in [-0.2, 0) is 16.6 Å². The van der Waals surface area contributed by atoms with Crippen LogP contribution in [0.4, 0.5) is 0 Å². The smallest absolute Gasteiger partial charge is 0.244 e. The number of pyridine rings is 2. The number of hydrogen-bond acceptors (Lipinski definition) is 5. The number of rotatable bonds is 4. The topological polar surface area (TPSA) is 66.4 Å². The van der Waals surface area contributed by atoms with E-state index in [0.29, 0.717) is 26.2 Å². The van der Waals surface area contributed by atoms with E-state index < -0.39 is 10.0 Å². The van der Waals surface area contributed by atoms with E-state index in [4.69, 9.17) is 0 Å². The minimum atomic E-state index is -3.43. The quantitative estimate of drug-likeness (QED) is 0.841. The lowest BCUT2D eigenvalue weighted by Gasteiger charge is -2.33. The van der Waals surface area contributed by atoms with Crippen LogP contribution in [0.5, 0.6) is 0 Å². The van der Waals surface area contributed by atoms with Crippen LogP contribution in [-0.4, -0.2) is 53.8 Å². The number of sulfonamides is 1. The van der Waals surface area contributed by atoms with Crippen molar-refractivity contribution < 1.29 is 8.42 Å². The van der Waals surface area contributed by atoms with Gasteiger partial charge in [0, 0.05) is 51.3 Å². The minimum Gasteiger partial charge on any atom is -0.295 e. The Morgan fingerprint density at radius 2 is 1.82 bits per heavy atom. The molecule has 22 heavy (non-hydrogen) atoms. The summed E-state index contributed by atoms with van der Waals surface area (Å²) in [5, 5.41) is 0. The molecule has 2 aromatic heterocycles. The van der Waals surface area contributed by atoms with E-state index in [1.54, 1.807) is 24.5 Å². The fraction of sp³-hybridized carbons (Fsp3) is 0.333. The monoisotopic (exact) mass is 318 g/mol. The Hall–Kier alpha value is -1.83. The summed E-state index contributed by atoms with van der Waals surface area (Å²) in [6.45, 7) is 3.14. The van der Waals surface area contributed by atoms with E-state index in [-0.39, 0.29) is 4.90 Å². The normalized spacial score (nSPS) is 17.5. The number of piperazine rings is 1. The van der Waals surface area contributed by atoms with Crippen molar-refractivity contribution in [1.82, 2.24) is 19.2 Å². The summed E-state index contributed by atoms with van der Waals surface area (Å²) in [5.41, 5.74) is 1.01. The first-order valence-corrected chi connectivity index (χ1v) is 8.63. The van der Waals surface area contributed by atoms with Gasteiger partial charge in [0.2, 0.25) is 10.0 Å². The second kappa shape index (κ2) is 6.51. The molecular weight excluding hydrogens is 300 g/mol. The van der Waals surface area contributed by atoms with Crippen LogP contribution < -0.4 is 0 Å². The van der Waals surface area contributed by atoms with Gasteiger partial charge in [-0.05, 0) is 24.3 Å². The standard InChI is InChI=1S/C15H18N4O2S/c20-22(21,15-5-3-6-16-12-15)19-10-8-18(9-11-19)13-14-4-1-2-7-17-14/h1-7,12H,8-11,13H2. The van der Waals surface area contributed by atoms with Crippen LogP contribution in [0.3, 0.4) is 0 Å². The average molecular weight is 318 g/mol. The van der Waals surface area contributed by atoms with Crippen molar-refractivity contribution >= 4 is 10.0 Å². The molecule has 1 fully saturated rings. The van der Waals surface area contributed by atoms with Gasteiger partial charge in [0.05, 0.1) is 5.69 Å². The summed E-state index contributed by atoms with van der Waals surface area (Å²) < 4.78 is 26.5. The van der Waals surface area contributed by atoms with Crippen LogP contribution in [0.2, 0.25) is 0 Å². The van der Waals surface area contributed by atoms with Gasteiger partial charge in [0.15, 0.2) is 0 Å². The molecule has 7 heteroatoms. The Kier molecular flexibility index (Phi) is 4.47. The van der Waals surface area contributed by atoms with E-state index in [9.17, 15) is 8.42 Å². The first-order valence-electron chi connectivity index (χ1n) is 7.19. The highest BCUT2D eigenvalue weighted by Gasteiger charge is 2.28. The number of hydrogen-bond donors (Lipinski definition) is 0. The second-order valence-corrected chi connectivity index (χ2v) is 7.13. The Balaban J connectivity index is 1.62. The van der Waals surface area contributed by atoms with Crippen molar-refractivity contribution in [1.29, 1.82) is 0 Å². The lowest BCUT2D eigenvalue weighted by Crippen LogP contribution is -2.48. The van der Waals surface area contributed by atoms with Gasteiger partial charge >= 0.3 is 0 Å². The van der Waals surface area contributed by atoms with Crippen molar-refractivity contribution in [3.63, 3.8) is 0 Å². The SMILES string of the molecule is O=S(=O)(c1cccnc1)N1CCN(Cc2ccccn2)CC1. The number of nitrogens with zero attached hydrogens (tertiary/aromatic N) is 4. The third-order valence-corrected chi connectivity index (χ3v) is 5.60. The van der Waals surface area contributed by atoms with Crippen molar-refractivity contribution in [3.05, 3.63) is 54.6 Å². The lowest BCUT2D eigenvalue weighted by molar-refractivity contribution is 0.180. The molecule has 0 unspecified atom stereocenters. The molecule has 0 aromatic carbocycles. The summed E-state index contributed by atoms with van der Waals surface area (Å²) in [5.74, 6) is 0. The Morgan fingerprint density at radius 1 is 1.00 bits per heavy atom.